The molecule has 1 aromatic rings. The van der Waals surface area contributed by atoms with Crippen LogP contribution in [0.4, 0.5) is 0 Å². The fourth-order valence-corrected chi connectivity index (χ4v) is 9.49. The van der Waals surface area contributed by atoms with Crippen LogP contribution >= 0.6 is 11.3 Å². The van der Waals surface area contributed by atoms with Gasteiger partial charge in [0.1, 0.15) is 4.21 Å². The maximum Gasteiger partial charge on any atom is 0.340 e. The Hall–Kier alpha value is -1.71. The Kier molecular flexibility index (Phi) is 6.39. The van der Waals surface area contributed by atoms with Gasteiger partial charge < -0.3 is 9.64 Å². The summed E-state index contributed by atoms with van der Waals surface area (Å²) in [5.41, 5.74) is 0.934. The molecule has 3 atom stereocenters. The van der Waals surface area contributed by atoms with Crippen molar-refractivity contribution in [1.29, 1.82) is 0 Å². The molecular weight excluding hydrogens is 460 g/mol. The van der Waals surface area contributed by atoms with Crippen molar-refractivity contribution in [1.82, 2.24) is 9.21 Å². The van der Waals surface area contributed by atoms with E-state index in [0.29, 0.717) is 44.4 Å². The zero-order valence-electron chi connectivity index (χ0n) is 19.1. The van der Waals surface area contributed by atoms with Gasteiger partial charge in [-0.3, -0.25) is 4.79 Å². The predicted molar refractivity (Wildman–Crippen MR) is 125 cm³/mol. The first-order valence-corrected chi connectivity index (χ1v) is 14.4. The summed E-state index contributed by atoms with van der Waals surface area (Å²) in [6.45, 7) is 1.84. The number of allylic oxidation sites excluding steroid dienone is 2. The molecule has 3 heterocycles. The lowest BCUT2D eigenvalue weighted by molar-refractivity contribution is -0.137. The van der Waals surface area contributed by atoms with Crippen molar-refractivity contribution >= 4 is 33.2 Å². The number of amides is 1. The van der Waals surface area contributed by atoms with E-state index in [0.717, 1.165) is 66.7 Å². The Bertz CT molecular complexity index is 1070. The minimum atomic E-state index is -3.80. The second kappa shape index (κ2) is 9.15. The Balaban J connectivity index is 1.44. The summed E-state index contributed by atoms with van der Waals surface area (Å²) in [5, 5.41) is 0. The summed E-state index contributed by atoms with van der Waals surface area (Å²) in [7, 11) is -2.51. The molecule has 0 N–H and O–H groups in total. The molecule has 4 aliphatic rings. The van der Waals surface area contributed by atoms with Gasteiger partial charge in [-0.2, -0.15) is 4.31 Å². The lowest BCUT2D eigenvalue weighted by Crippen LogP contribution is -2.40. The van der Waals surface area contributed by atoms with E-state index < -0.39 is 16.0 Å². The number of rotatable bonds is 4. The molecule has 1 saturated heterocycles. The van der Waals surface area contributed by atoms with Crippen molar-refractivity contribution in [2.75, 3.05) is 26.7 Å². The molecule has 0 spiro atoms. The molecule has 2 bridgehead atoms. The molecule has 1 amide bonds. The van der Waals surface area contributed by atoms with E-state index in [1.54, 1.807) is 4.31 Å². The summed E-state index contributed by atoms with van der Waals surface area (Å²) < 4.78 is 34.0. The Morgan fingerprint density at radius 2 is 1.76 bits per heavy atom. The van der Waals surface area contributed by atoms with E-state index in [4.69, 9.17) is 4.74 Å². The minimum Gasteiger partial charge on any atom is -0.465 e. The summed E-state index contributed by atoms with van der Waals surface area (Å²) in [6, 6.07) is 0. The van der Waals surface area contributed by atoms with Crippen LogP contribution in [0.25, 0.3) is 0 Å². The third-order valence-electron chi connectivity index (χ3n) is 7.71. The molecule has 180 valence electrons. The standard InChI is InChI=1S/C24H32N2O5S2/c1-31-23(28)21-18-9-12-25(22(27)19-14-16-7-8-17(19)13-16)15-20(18)32-24(21)33(29,30)26-10-5-3-2-4-6-11-26/h7-8,16-17,19H,2-6,9-15H2,1H3/t16-,17+,19+/m1/s1. The number of carbonyl (C=O) groups is 2. The second-order valence-electron chi connectivity index (χ2n) is 9.73. The zero-order chi connectivity index (χ0) is 23.2. The molecule has 1 aromatic heterocycles. The van der Waals surface area contributed by atoms with Gasteiger partial charge in [0.15, 0.2) is 0 Å². The highest BCUT2D eigenvalue weighted by atomic mass is 32.2. The molecular formula is C24H32N2O5S2. The van der Waals surface area contributed by atoms with Crippen LogP contribution in [0.5, 0.6) is 0 Å². The number of methoxy groups -OCH3 is 1. The number of hydrogen-bond donors (Lipinski definition) is 0. The number of nitrogens with zero attached hydrogens (tertiary/aromatic N) is 2. The largest absolute Gasteiger partial charge is 0.465 e. The SMILES string of the molecule is COC(=O)c1c(S(=O)(=O)N2CCCCCCC2)sc2c1CCN(C(=O)[C@H]1C[C@@H]3C=C[C@H]1C3)C2. The van der Waals surface area contributed by atoms with E-state index in [1.807, 2.05) is 4.90 Å². The van der Waals surface area contributed by atoms with Crippen LogP contribution < -0.4 is 0 Å². The molecule has 2 aliphatic heterocycles. The first-order valence-electron chi connectivity index (χ1n) is 12.1. The van der Waals surface area contributed by atoms with Crippen LogP contribution in [0.3, 0.4) is 0 Å². The summed E-state index contributed by atoms with van der Waals surface area (Å²) in [5.74, 6) is 0.452. The van der Waals surface area contributed by atoms with E-state index in [9.17, 15) is 18.0 Å². The van der Waals surface area contributed by atoms with E-state index in [-0.39, 0.29) is 21.6 Å². The minimum absolute atomic E-state index is 0.0332. The number of ether oxygens (including phenoxy) is 1. The fourth-order valence-electron chi connectivity index (χ4n) is 5.93. The molecule has 0 aromatic carbocycles. The second-order valence-corrected chi connectivity index (χ2v) is 13.0. The van der Waals surface area contributed by atoms with Crippen LogP contribution in [-0.4, -0.2) is 56.2 Å². The number of fused-ring (bicyclic) bond motifs is 3. The first-order chi connectivity index (χ1) is 15.9. The molecule has 1 saturated carbocycles. The fraction of sp³-hybridized carbons (Fsp3) is 0.667. The monoisotopic (exact) mass is 492 g/mol. The maximum absolute atomic E-state index is 13.7. The first kappa shape index (κ1) is 23.1. The van der Waals surface area contributed by atoms with Gasteiger partial charge in [0.2, 0.25) is 5.91 Å². The zero-order valence-corrected chi connectivity index (χ0v) is 20.8. The molecule has 0 unspecified atom stereocenters. The van der Waals surface area contributed by atoms with E-state index in [1.165, 1.54) is 7.11 Å². The summed E-state index contributed by atoms with van der Waals surface area (Å²) in [4.78, 5) is 28.7. The molecule has 7 nitrogen and oxygen atoms in total. The third kappa shape index (κ3) is 4.17. The van der Waals surface area contributed by atoms with Gasteiger partial charge in [-0.05, 0) is 49.5 Å². The molecule has 33 heavy (non-hydrogen) atoms. The quantitative estimate of drug-likeness (QED) is 0.474. The summed E-state index contributed by atoms with van der Waals surface area (Å²) in [6.07, 6.45) is 11.7. The maximum atomic E-state index is 13.7. The Labute approximate surface area is 199 Å². The summed E-state index contributed by atoms with van der Waals surface area (Å²) >= 11 is 1.16. The van der Waals surface area contributed by atoms with Gasteiger partial charge in [-0.1, -0.05) is 31.4 Å². The van der Waals surface area contributed by atoms with Gasteiger partial charge in [0.05, 0.1) is 19.2 Å². The highest BCUT2D eigenvalue weighted by Gasteiger charge is 2.43. The van der Waals surface area contributed by atoms with E-state index >= 15 is 0 Å². The van der Waals surface area contributed by atoms with Crippen LogP contribution in [0.15, 0.2) is 16.4 Å². The van der Waals surface area contributed by atoms with Crippen molar-refractivity contribution in [3.8, 4) is 0 Å². The highest BCUT2D eigenvalue weighted by Crippen LogP contribution is 2.45. The van der Waals surface area contributed by atoms with Crippen molar-refractivity contribution in [3.63, 3.8) is 0 Å². The van der Waals surface area contributed by atoms with Crippen molar-refractivity contribution < 1.29 is 22.7 Å². The van der Waals surface area contributed by atoms with Crippen LogP contribution in [-0.2, 0) is 32.5 Å². The highest BCUT2D eigenvalue weighted by molar-refractivity contribution is 7.91. The van der Waals surface area contributed by atoms with Gasteiger partial charge in [0, 0.05) is 30.4 Å². The third-order valence-corrected chi connectivity index (χ3v) is 11.3. The molecule has 9 heteroatoms. The molecule has 2 fully saturated rings. The van der Waals surface area contributed by atoms with Gasteiger partial charge in [0.25, 0.3) is 10.0 Å². The number of hydrogen-bond acceptors (Lipinski definition) is 6. The van der Waals surface area contributed by atoms with Crippen molar-refractivity contribution in [2.45, 2.75) is 62.1 Å². The lowest BCUT2D eigenvalue weighted by atomic mass is 9.91. The number of carbonyl (C=O) groups excluding carboxylic acids is 2. The smallest absolute Gasteiger partial charge is 0.340 e. The number of thiophene rings is 1. The van der Waals surface area contributed by atoms with Gasteiger partial charge in [-0.25, -0.2) is 13.2 Å². The lowest BCUT2D eigenvalue weighted by Gasteiger charge is -2.31. The van der Waals surface area contributed by atoms with Gasteiger partial charge in [-0.15, -0.1) is 11.3 Å². The topological polar surface area (TPSA) is 84.0 Å². The number of esters is 1. The average molecular weight is 493 g/mol. The van der Waals surface area contributed by atoms with Crippen LogP contribution in [0, 0.1) is 17.8 Å². The predicted octanol–water partition coefficient (Wildman–Crippen LogP) is 3.59. The number of sulfonamides is 1. The normalized spacial score (nSPS) is 27.8. The average Bonchev–Trinajstić information content (AvgIpc) is 3.51. The van der Waals surface area contributed by atoms with Crippen molar-refractivity contribution in [3.05, 3.63) is 28.2 Å². The van der Waals surface area contributed by atoms with Crippen LogP contribution in [0.1, 0.15) is 65.7 Å². The van der Waals surface area contributed by atoms with Gasteiger partial charge >= 0.3 is 5.97 Å². The van der Waals surface area contributed by atoms with Crippen molar-refractivity contribution in [2.24, 2.45) is 17.8 Å². The molecule has 5 rings (SSSR count). The van der Waals surface area contributed by atoms with Crippen LogP contribution in [0.2, 0.25) is 0 Å². The Morgan fingerprint density at radius 3 is 2.39 bits per heavy atom. The molecule has 2 aliphatic carbocycles. The molecule has 0 radical (unpaired) electrons. The Morgan fingerprint density at radius 1 is 1.03 bits per heavy atom. The van der Waals surface area contributed by atoms with E-state index in [2.05, 4.69) is 12.2 Å².